The summed E-state index contributed by atoms with van der Waals surface area (Å²) in [4.78, 5) is 12.5. The molecule has 144 valence electrons. The number of sulfonamides is 1. The summed E-state index contributed by atoms with van der Waals surface area (Å²) in [5, 5.41) is 3.78. The maximum atomic E-state index is 12.5. The van der Waals surface area contributed by atoms with Crippen LogP contribution in [0.25, 0.3) is 0 Å². The predicted molar refractivity (Wildman–Crippen MR) is 109 cm³/mol. The van der Waals surface area contributed by atoms with Gasteiger partial charge in [0.2, 0.25) is 10.0 Å². The van der Waals surface area contributed by atoms with Gasteiger partial charge in [-0.05, 0) is 55.2 Å². The van der Waals surface area contributed by atoms with Crippen LogP contribution in [0.15, 0.2) is 42.5 Å². The highest BCUT2D eigenvalue weighted by atomic mass is 35.5. The molecule has 1 aliphatic heterocycles. The molecule has 1 heterocycles. The molecule has 27 heavy (non-hydrogen) atoms. The number of carbonyl (C=O) groups excluding carboxylic acids is 1. The van der Waals surface area contributed by atoms with E-state index in [1.54, 1.807) is 30.3 Å². The molecule has 1 fully saturated rings. The minimum Gasteiger partial charge on any atom is -0.352 e. The van der Waals surface area contributed by atoms with Crippen LogP contribution < -0.4 is 9.62 Å². The van der Waals surface area contributed by atoms with Crippen LogP contribution in [0.1, 0.15) is 28.8 Å². The quantitative estimate of drug-likeness (QED) is 0.787. The molecular formula is C19H20Cl2N2O3S. The standard InChI is InChI=1S/C19H20Cl2N2O3S/c20-15-5-3-14(4-6-15)9-10-22-19(24)17-13-16(7-8-18(17)21)23-11-1-2-12-27(23,25)26/h3-8,13H,1-2,9-12H2,(H,22,24). The Morgan fingerprint density at radius 2 is 1.81 bits per heavy atom. The summed E-state index contributed by atoms with van der Waals surface area (Å²) >= 11 is 12.0. The second-order valence-electron chi connectivity index (χ2n) is 6.39. The van der Waals surface area contributed by atoms with E-state index in [-0.39, 0.29) is 22.2 Å². The van der Waals surface area contributed by atoms with Crippen molar-refractivity contribution in [1.29, 1.82) is 0 Å². The van der Waals surface area contributed by atoms with Gasteiger partial charge in [0.25, 0.3) is 5.91 Å². The normalized spacial score (nSPS) is 16.1. The molecule has 0 aliphatic carbocycles. The largest absolute Gasteiger partial charge is 0.352 e. The Labute approximate surface area is 169 Å². The number of anilines is 1. The minimum atomic E-state index is -3.34. The Hall–Kier alpha value is -1.76. The number of rotatable bonds is 5. The Bertz CT molecular complexity index is 930. The van der Waals surface area contributed by atoms with E-state index in [2.05, 4.69) is 5.32 Å². The van der Waals surface area contributed by atoms with Crippen LogP contribution in [0.5, 0.6) is 0 Å². The monoisotopic (exact) mass is 426 g/mol. The van der Waals surface area contributed by atoms with E-state index in [1.165, 1.54) is 4.31 Å². The number of nitrogens with one attached hydrogen (secondary N) is 1. The third kappa shape index (κ3) is 4.94. The third-order valence-corrected chi connectivity index (χ3v) is 6.90. The molecule has 1 aliphatic rings. The first-order valence-corrected chi connectivity index (χ1v) is 11.1. The molecule has 0 unspecified atom stereocenters. The van der Waals surface area contributed by atoms with Crippen LogP contribution in [0.4, 0.5) is 5.69 Å². The smallest absolute Gasteiger partial charge is 0.252 e. The van der Waals surface area contributed by atoms with Crippen molar-refractivity contribution in [1.82, 2.24) is 5.32 Å². The summed E-state index contributed by atoms with van der Waals surface area (Å²) in [6.45, 7) is 0.852. The summed E-state index contributed by atoms with van der Waals surface area (Å²) < 4.78 is 25.9. The third-order valence-electron chi connectivity index (χ3n) is 4.44. The molecule has 0 atom stereocenters. The molecule has 2 aromatic rings. The number of nitrogens with zero attached hydrogens (tertiary/aromatic N) is 1. The van der Waals surface area contributed by atoms with E-state index in [0.717, 1.165) is 12.0 Å². The van der Waals surface area contributed by atoms with E-state index in [1.807, 2.05) is 12.1 Å². The number of carbonyl (C=O) groups is 1. The Morgan fingerprint density at radius 1 is 1.07 bits per heavy atom. The van der Waals surface area contributed by atoms with Crippen LogP contribution >= 0.6 is 23.2 Å². The summed E-state index contributed by atoms with van der Waals surface area (Å²) in [5.74, 6) is -0.205. The summed E-state index contributed by atoms with van der Waals surface area (Å²) in [6.07, 6.45) is 2.11. The number of hydrogen-bond donors (Lipinski definition) is 1. The highest BCUT2D eigenvalue weighted by Crippen LogP contribution is 2.28. The van der Waals surface area contributed by atoms with Gasteiger partial charge in [-0.15, -0.1) is 0 Å². The molecule has 0 bridgehead atoms. The molecule has 0 saturated carbocycles. The molecule has 1 amide bonds. The van der Waals surface area contributed by atoms with E-state index < -0.39 is 10.0 Å². The first kappa shape index (κ1) is 20.0. The van der Waals surface area contributed by atoms with Gasteiger partial charge in [0.05, 0.1) is 22.0 Å². The molecular weight excluding hydrogens is 407 g/mol. The van der Waals surface area contributed by atoms with Crippen molar-refractivity contribution >= 4 is 44.8 Å². The van der Waals surface area contributed by atoms with E-state index >= 15 is 0 Å². The zero-order chi connectivity index (χ0) is 19.4. The van der Waals surface area contributed by atoms with Gasteiger partial charge in [-0.3, -0.25) is 9.10 Å². The molecule has 1 saturated heterocycles. The van der Waals surface area contributed by atoms with Gasteiger partial charge in [0.1, 0.15) is 0 Å². The summed E-state index contributed by atoms with van der Waals surface area (Å²) in [6, 6.07) is 12.2. The zero-order valence-electron chi connectivity index (χ0n) is 14.6. The number of benzene rings is 2. The molecule has 0 radical (unpaired) electrons. The topological polar surface area (TPSA) is 66.5 Å². The maximum absolute atomic E-state index is 12.5. The lowest BCUT2D eigenvalue weighted by Gasteiger charge is -2.28. The maximum Gasteiger partial charge on any atom is 0.252 e. The lowest BCUT2D eigenvalue weighted by atomic mass is 10.1. The molecule has 2 aromatic carbocycles. The zero-order valence-corrected chi connectivity index (χ0v) is 16.9. The number of amides is 1. The average molecular weight is 427 g/mol. The van der Waals surface area contributed by atoms with Gasteiger partial charge >= 0.3 is 0 Å². The van der Waals surface area contributed by atoms with Crippen LogP contribution in [-0.2, 0) is 16.4 Å². The molecule has 5 nitrogen and oxygen atoms in total. The van der Waals surface area contributed by atoms with Gasteiger partial charge in [-0.25, -0.2) is 8.42 Å². The fraction of sp³-hybridized carbons (Fsp3) is 0.316. The van der Waals surface area contributed by atoms with Crippen molar-refractivity contribution in [3.05, 3.63) is 63.6 Å². The second kappa shape index (κ2) is 8.50. The van der Waals surface area contributed by atoms with E-state index in [4.69, 9.17) is 23.2 Å². The number of halogens is 2. The van der Waals surface area contributed by atoms with Crippen LogP contribution in [0, 0.1) is 0 Å². The predicted octanol–water partition coefficient (Wildman–Crippen LogP) is 3.90. The van der Waals surface area contributed by atoms with Gasteiger partial charge in [-0.2, -0.15) is 0 Å². The van der Waals surface area contributed by atoms with Gasteiger partial charge in [0.15, 0.2) is 0 Å². The van der Waals surface area contributed by atoms with Gasteiger partial charge < -0.3 is 5.32 Å². The van der Waals surface area contributed by atoms with E-state index in [9.17, 15) is 13.2 Å². The van der Waals surface area contributed by atoms with Crippen molar-refractivity contribution in [2.75, 3.05) is 23.1 Å². The first-order valence-electron chi connectivity index (χ1n) is 8.69. The minimum absolute atomic E-state index is 0.123. The number of hydrogen-bond acceptors (Lipinski definition) is 3. The molecule has 8 heteroatoms. The average Bonchev–Trinajstić information content (AvgIpc) is 2.63. The second-order valence-corrected chi connectivity index (χ2v) is 9.25. The molecule has 0 aromatic heterocycles. The molecule has 3 rings (SSSR count). The van der Waals surface area contributed by atoms with Crippen molar-refractivity contribution in [2.45, 2.75) is 19.3 Å². The summed E-state index contributed by atoms with van der Waals surface area (Å²) in [5.41, 5.74) is 1.80. The fourth-order valence-electron chi connectivity index (χ4n) is 2.99. The summed E-state index contributed by atoms with van der Waals surface area (Å²) in [7, 11) is -3.34. The van der Waals surface area contributed by atoms with Gasteiger partial charge in [0, 0.05) is 18.1 Å². The van der Waals surface area contributed by atoms with Crippen molar-refractivity contribution in [3.63, 3.8) is 0 Å². The lowest BCUT2D eigenvalue weighted by molar-refractivity contribution is 0.0954. The Morgan fingerprint density at radius 3 is 2.52 bits per heavy atom. The molecule has 0 spiro atoms. The lowest BCUT2D eigenvalue weighted by Crippen LogP contribution is -2.38. The van der Waals surface area contributed by atoms with Crippen molar-refractivity contribution in [3.8, 4) is 0 Å². The fourth-order valence-corrected chi connectivity index (χ4v) is 4.95. The Balaban J connectivity index is 1.70. The van der Waals surface area contributed by atoms with Gasteiger partial charge in [-0.1, -0.05) is 35.3 Å². The highest BCUT2D eigenvalue weighted by Gasteiger charge is 2.27. The van der Waals surface area contributed by atoms with Crippen LogP contribution in [0.2, 0.25) is 10.0 Å². The highest BCUT2D eigenvalue weighted by molar-refractivity contribution is 7.92. The van der Waals surface area contributed by atoms with Crippen LogP contribution in [-0.4, -0.2) is 33.2 Å². The van der Waals surface area contributed by atoms with Crippen LogP contribution in [0.3, 0.4) is 0 Å². The van der Waals surface area contributed by atoms with Crippen molar-refractivity contribution in [2.24, 2.45) is 0 Å². The van der Waals surface area contributed by atoms with E-state index in [0.29, 0.717) is 36.6 Å². The first-order chi connectivity index (χ1) is 12.9. The Kier molecular flexibility index (Phi) is 6.29. The molecule has 1 N–H and O–H groups in total. The SMILES string of the molecule is O=C(NCCc1ccc(Cl)cc1)c1cc(N2CCCCS2(=O)=O)ccc1Cl. The van der Waals surface area contributed by atoms with Crippen molar-refractivity contribution < 1.29 is 13.2 Å².